The third-order valence-electron chi connectivity index (χ3n) is 7.09. The predicted octanol–water partition coefficient (Wildman–Crippen LogP) is 0.612. The zero-order valence-corrected chi connectivity index (χ0v) is 16.5. The van der Waals surface area contributed by atoms with Gasteiger partial charge in [0, 0.05) is 5.92 Å². The fraction of sp³-hybridized carbons (Fsp3) is 0.478. The van der Waals surface area contributed by atoms with Crippen molar-refractivity contribution < 1.29 is 30.6 Å². The van der Waals surface area contributed by atoms with Crippen molar-refractivity contribution in [2.24, 2.45) is 0 Å². The van der Waals surface area contributed by atoms with Gasteiger partial charge in [0.25, 0.3) is 0 Å². The third kappa shape index (κ3) is 2.27. The molecule has 0 bridgehead atoms. The minimum Gasteiger partial charge on any atom is -0.394 e. The topological polar surface area (TPSA) is 121 Å². The van der Waals surface area contributed by atoms with Crippen molar-refractivity contribution >= 4 is 0 Å². The molecule has 0 aliphatic heterocycles. The molecule has 2 aromatic rings. The van der Waals surface area contributed by atoms with E-state index in [9.17, 15) is 30.6 Å². The number of aliphatic hydroxyl groups is 6. The molecule has 6 heteroatoms. The van der Waals surface area contributed by atoms with Gasteiger partial charge in [0.05, 0.1) is 18.6 Å². The van der Waals surface area contributed by atoms with Crippen molar-refractivity contribution in [1.29, 1.82) is 0 Å². The molecule has 0 radical (unpaired) electrons. The molecule has 7 atom stereocenters. The number of fused-ring (bicyclic) bond motifs is 1. The van der Waals surface area contributed by atoms with Gasteiger partial charge in [-0.2, -0.15) is 0 Å². The molecule has 2 fully saturated rings. The summed E-state index contributed by atoms with van der Waals surface area (Å²) in [7, 11) is 0. The highest BCUT2D eigenvalue weighted by Gasteiger charge is 2.93. The summed E-state index contributed by atoms with van der Waals surface area (Å²) in [6.07, 6.45) is -3.06. The van der Waals surface area contributed by atoms with Gasteiger partial charge in [-0.05, 0) is 22.6 Å². The second-order valence-electron chi connectivity index (χ2n) is 8.70. The molecule has 0 saturated heterocycles. The van der Waals surface area contributed by atoms with Gasteiger partial charge < -0.3 is 30.6 Å². The van der Waals surface area contributed by atoms with E-state index < -0.39 is 47.5 Å². The van der Waals surface area contributed by atoms with Crippen LogP contribution in [-0.2, 0) is 0 Å². The molecule has 156 valence electrons. The molecule has 6 N–H and O–H groups in total. The highest BCUT2D eigenvalue weighted by atomic mass is 16.5. The van der Waals surface area contributed by atoms with E-state index in [1.807, 2.05) is 26.0 Å². The van der Waals surface area contributed by atoms with Crippen LogP contribution in [0.25, 0.3) is 0 Å². The molecule has 0 heterocycles. The Labute approximate surface area is 169 Å². The average molecular weight is 400 g/mol. The standard InChI is InChI=1S/C23H28O6/c1-13(2)14-8-10-16(11-9-14)19-21(27,17(25)12-24)23(29)18(20(26)22(19,23)28)15-6-4-3-5-7-15/h3-11,13,17-20,24-29H,12H2,1-2H3/t17-,18?,19?,20?,21+,22+,23+/m1/s1. The first-order valence-electron chi connectivity index (χ1n) is 9.94. The van der Waals surface area contributed by atoms with E-state index in [-0.39, 0.29) is 5.92 Å². The lowest BCUT2D eigenvalue weighted by Gasteiger charge is -2.80. The normalized spacial score (nSPS) is 39.4. The van der Waals surface area contributed by atoms with E-state index >= 15 is 0 Å². The molecule has 2 aliphatic rings. The maximum absolute atomic E-state index is 11.5. The molecule has 2 aromatic carbocycles. The van der Waals surface area contributed by atoms with Crippen molar-refractivity contribution in [3.8, 4) is 0 Å². The Balaban J connectivity index is 1.82. The number of rotatable bonds is 5. The maximum Gasteiger partial charge on any atom is 0.138 e. The molecule has 29 heavy (non-hydrogen) atoms. The lowest BCUT2D eigenvalue weighted by atomic mass is 9.30. The lowest BCUT2D eigenvalue weighted by Crippen LogP contribution is -2.99. The van der Waals surface area contributed by atoms with Crippen LogP contribution in [0.1, 0.15) is 48.3 Å². The number of aliphatic hydroxyl groups excluding tert-OH is 3. The number of benzene rings is 2. The van der Waals surface area contributed by atoms with Gasteiger partial charge >= 0.3 is 0 Å². The van der Waals surface area contributed by atoms with Gasteiger partial charge in [0.2, 0.25) is 0 Å². The lowest BCUT2D eigenvalue weighted by molar-refractivity contribution is -0.459. The van der Waals surface area contributed by atoms with Gasteiger partial charge in [-0.15, -0.1) is 0 Å². The Kier molecular flexibility index (Phi) is 4.66. The van der Waals surface area contributed by atoms with Gasteiger partial charge in [0.15, 0.2) is 0 Å². The van der Waals surface area contributed by atoms with Crippen molar-refractivity contribution in [3.63, 3.8) is 0 Å². The van der Waals surface area contributed by atoms with Crippen LogP contribution in [0.2, 0.25) is 0 Å². The van der Waals surface area contributed by atoms with E-state index in [0.29, 0.717) is 11.1 Å². The van der Waals surface area contributed by atoms with E-state index in [4.69, 9.17) is 0 Å². The van der Waals surface area contributed by atoms with E-state index in [1.54, 1.807) is 42.5 Å². The Bertz CT molecular complexity index is 884. The fourth-order valence-corrected chi connectivity index (χ4v) is 5.55. The summed E-state index contributed by atoms with van der Waals surface area (Å²) in [6.45, 7) is 3.28. The van der Waals surface area contributed by atoms with Gasteiger partial charge in [0.1, 0.15) is 22.9 Å². The minimum atomic E-state index is -2.24. The Morgan fingerprint density at radius 3 is 2.00 bits per heavy atom. The van der Waals surface area contributed by atoms with Gasteiger partial charge in [-0.25, -0.2) is 0 Å². The molecular weight excluding hydrogens is 372 g/mol. The molecular formula is C23H28O6. The summed E-state index contributed by atoms with van der Waals surface area (Å²) in [4.78, 5) is 0. The average Bonchev–Trinajstić information content (AvgIpc) is 2.73. The van der Waals surface area contributed by atoms with Crippen molar-refractivity contribution in [2.75, 3.05) is 6.61 Å². The second-order valence-corrected chi connectivity index (χ2v) is 8.70. The SMILES string of the molecule is CC(C)c1ccc(C2[C@]3(O)C(O)C(c4ccccc4)[C@]3(O)[C@]2(O)[C@H](O)CO)cc1. The smallest absolute Gasteiger partial charge is 0.138 e. The van der Waals surface area contributed by atoms with Crippen LogP contribution >= 0.6 is 0 Å². The summed E-state index contributed by atoms with van der Waals surface area (Å²) < 4.78 is 0. The maximum atomic E-state index is 11.5. The van der Waals surface area contributed by atoms with E-state index in [0.717, 1.165) is 5.56 Å². The zero-order chi connectivity index (χ0) is 21.2. The predicted molar refractivity (Wildman–Crippen MR) is 106 cm³/mol. The van der Waals surface area contributed by atoms with Crippen molar-refractivity contribution in [2.45, 2.75) is 60.6 Å². The zero-order valence-electron chi connectivity index (χ0n) is 16.5. The largest absolute Gasteiger partial charge is 0.394 e. The fourth-order valence-electron chi connectivity index (χ4n) is 5.55. The van der Waals surface area contributed by atoms with Gasteiger partial charge in [-0.3, -0.25) is 0 Å². The van der Waals surface area contributed by atoms with Crippen LogP contribution in [0.4, 0.5) is 0 Å². The van der Waals surface area contributed by atoms with Crippen LogP contribution in [0.15, 0.2) is 54.6 Å². The Hall–Kier alpha value is -1.80. The van der Waals surface area contributed by atoms with Crippen LogP contribution in [0.3, 0.4) is 0 Å². The Morgan fingerprint density at radius 2 is 1.48 bits per heavy atom. The van der Waals surface area contributed by atoms with Crippen molar-refractivity contribution in [3.05, 3.63) is 71.3 Å². The Morgan fingerprint density at radius 1 is 0.897 bits per heavy atom. The first-order valence-corrected chi connectivity index (χ1v) is 9.94. The number of hydrogen-bond donors (Lipinski definition) is 6. The van der Waals surface area contributed by atoms with E-state index in [1.165, 1.54) is 0 Å². The molecule has 4 rings (SSSR count). The molecule has 6 nitrogen and oxygen atoms in total. The van der Waals surface area contributed by atoms with Gasteiger partial charge in [-0.1, -0.05) is 68.4 Å². The number of hydrogen-bond acceptors (Lipinski definition) is 6. The monoisotopic (exact) mass is 400 g/mol. The van der Waals surface area contributed by atoms with Crippen LogP contribution in [0, 0.1) is 0 Å². The highest BCUT2D eigenvalue weighted by molar-refractivity contribution is 5.55. The molecule has 2 aliphatic carbocycles. The third-order valence-corrected chi connectivity index (χ3v) is 7.09. The highest BCUT2D eigenvalue weighted by Crippen LogP contribution is 2.75. The van der Waals surface area contributed by atoms with E-state index in [2.05, 4.69) is 0 Å². The molecule has 3 unspecified atom stereocenters. The molecule has 2 saturated carbocycles. The summed E-state index contributed by atoms with van der Waals surface area (Å²) in [5.41, 5.74) is -4.46. The summed E-state index contributed by atoms with van der Waals surface area (Å²) in [5, 5.41) is 65.3. The summed E-state index contributed by atoms with van der Waals surface area (Å²) >= 11 is 0. The molecule has 0 aromatic heterocycles. The van der Waals surface area contributed by atoms with Crippen LogP contribution in [-0.4, -0.2) is 66.3 Å². The quantitative estimate of drug-likeness (QED) is 0.437. The van der Waals surface area contributed by atoms with Crippen LogP contribution < -0.4 is 0 Å². The van der Waals surface area contributed by atoms with Crippen molar-refractivity contribution in [1.82, 2.24) is 0 Å². The molecule has 0 amide bonds. The first kappa shape index (κ1) is 20.5. The first-order chi connectivity index (χ1) is 13.7. The summed E-state index contributed by atoms with van der Waals surface area (Å²) in [5.74, 6) is -1.89. The minimum absolute atomic E-state index is 0.282. The second kappa shape index (κ2) is 6.60. The molecule has 0 spiro atoms. The summed E-state index contributed by atoms with van der Waals surface area (Å²) in [6, 6.07) is 15.7. The van der Waals surface area contributed by atoms with Crippen LogP contribution in [0.5, 0.6) is 0 Å².